The van der Waals surface area contributed by atoms with Gasteiger partial charge >= 0.3 is 0 Å². The van der Waals surface area contributed by atoms with E-state index in [-0.39, 0.29) is 0 Å². The van der Waals surface area contributed by atoms with Gasteiger partial charge in [-0.1, -0.05) is 12.1 Å². The predicted molar refractivity (Wildman–Crippen MR) is 122 cm³/mol. The Balaban J connectivity index is 1.18. The van der Waals surface area contributed by atoms with Crippen molar-refractivity contribution in [2.24, 2.45) is 0 Å². The molecular formula is C24H23N7. The van der Waals surface area contributed by atoms with Crippen LogP contribution in [0.25, 0.3) is 28.0 Å². The number of anilines is 1. The van der Waals surface area contributed by atoms with Crippen LogP contribution in [0.5, 0.6) is 0 Å². The van der Waals surface area contributed by atoms with E-state index >= 15 is 0 Å². The van der Waals surface area contributed by atoms with Gasteiger partial charge in [-0.15, -0.1) is 0 Å². The minimum Gasteiger partial charge on any atom is -0.367 e. The third kappa shape index (κ3) is 3.43. The summed E-state index contributed by atoms with van der Waals surface area (Å²) in [6.45, 7) is 4.94. The molecule has 5 aromatic rings. The number of nitrogens with one attached hydrogen (secondary N) is 1. The quantitative estimate of drug-likeness (QED) is 0.491. The first-order valence-electron chi connectivity index (χ1n) is 10.6. The van der Waals surface area contributed by atoms with E-state index in [1.165, 1.54) is 11.3 Å². The Morgan fingerprint density at radius 2 is 1.65 bits per heavy atom. The fourth-order valence-corrected chi connectivity index (χ4v) is 4.37. The lowest BCUT2D eigenvalue weighted by molar-refractivity contribution is 0.250. The summed E-state index contributed by atoms with van der Waals surface area (Å²) >= 11 is 0. The molecule has 6 rings (SSSR count). The number of aromatic nitrogens is 5. The van der Waals surface area contributed by atoms with Crippen molar-refractivity contribution >= 4 is 27.8 Å². The van der Waals surface area contributed by atoms with Crippen molar-refractivity contribution in [1.82, 2.24) is 29.4 Å². The Labute approximate surface area is 180 Å². The van der Waals surface area contributed by atoms with Gasteiger partial charge in [0.2, 0.25) is 5.95 Å². The van der Waals surface area contributed by atoms with Gasteiger partial charge in [-0.25, -0.2) is 4.98 Å². The number of piperazine rings is 1. The smallest absolute Gasteiger partial charge is 0.212 e. The Morgan fingerprint density at radius 1 is 0.839 bits per heavy atom. The minimum absolute atomic E-state index is 0.852. The van der Waals surface area contributed by atoms with Gasteiger partial charge in [-0.3, -0.25) is 19.4 Å². The molecule has 0 saturated carbocycles. The molecule has 154 valence electrons. The Kier molecular flexibility index (Phi) is 4.39. The fraction of sp³-hybridized carbons (Fsp3) is 0.208. The van der Waals surface area contributed by atoms with Gasteiger partial charge in [0.05, 0.1) is 22.2 Å². The zero-order chi connectivity index (χ0) is 20.6. The molecule has 1 saturated heterocycles. The molecule has 1 fully saturated rings. The van der Waals surface area contributed by atoms with E-state index in [1.807, 2.05) is 29.1 Å². The van der Waals surface area contributed by atoms with Crippen molar-refractivity contribution in [3.63, 3.8) is 0 Å². The molecule has 1 N–H and O–H groups in total. The van der Waals surface area contributed by atoms with E-state index in [2.05, 4.69) is 61.1 Å². The van der Waals surface area contributed by atoms with E-state index in [9.17, 15) is 0 Å². The lowest BCUT2D eigenvalue weighted by Crippen LogP contribution is -2.46. The Bertz CT molecular complexity index is 1330. The molecule has 7 heteroatoms. The molecule has 31 heavy (non-hydrogen) atoms. The zero-order valence-corrected chi connectivity index (χ0v) is 17.1. The van der Waals surface area contributed by atoms with Crippen LogP contribution in [0.15, 0.2) is 73.3 Å². The summed E-state index contributed by atoms with van der Waals surface area (Å²) in [6, 6.07) is 16.8. The summed E-state index contributed by atoms with van der Waals surface area (Å²) in [6.07, 6.45) is 7.51. The van der Waals surface area contributed by atoms with Crippen LogP contribution in [0.4, 0.5) is 5.69 Å². The van der Waals surface area contributed by atoms with Crippen molar-refractivity contribution < 1.29 is 0 Å². The van der Waals surface area contributed by atoms with Crippen LogP contribution in [-0.4, -0.2) is 55.6 Å². The maximum Gasteiger partial charge on any atom is 0.212 e. The van der Waals surface area contributed by atoms with Gasteiger partial charge in [0.15, 0.2) is 0 Å². The van der Waals surface area contributed by atoms with E-state index in [1.54, 1.807) is 12.4 Å². The number of benzene rings is 2. The van der Waals surface area contributed by atoms with Crippen LogP contribution >= 0.6 is 0 Å². The number of fused-ring (bicyclic) bond motifs is 2. The van der Waals surface area contributed by atoms with Crippen LogP contribution in [0, 0.1) is 0 Å². The van der Waals surface area contributed by atoms with E-state index in [0.717, 1.165) is 60.7 Å². The third-order valence-corrected chi connectivity index (χ3v) is 5.98. The highest BCUT2D eigenvalue weighted by molar-refractivity contribution is 5.89. The molecule has 1 aliphatic rings. The molecule has 4 heterocycles. The van der Waals surface area contributed by atoms with Crippen molar-refractivity contribution in [2.75, 3.05) is 31.1 Å². The molecule has 0 amide bonds. The van der Waals surface area contributed by atoms with Crippen LogP contribution in [0.3, 0.4) is 0 Å². The molecule has 0 bridgehead atoms. The monoisotopic (exact) mass is 409 g/mol. The number of imidazole rings is 1. The summed E-state index contributed by atoms with van der Waals surface area (Å²) in [7, 11) is 0. The average Bonchev–Trinajstić information content (AvgIpc) is 3.49. The van der Waals surface area contributed by atoms with Gasteiger partial charge in [-0.2, -0.15) is 0 Å². The van der Waals surface area contributed by atoms with Crippen LogP contribution < -0.4 is 4.90 Å². The molecule has 0 aliphatic carbocycles. The molecule has 7 nitrogen and oxygen atoms in total. The second-order valence-corrected chi connectivity index (χ2v) is 7.97. The number of hydrogen-bond donors (Lipinski definition) is 1. The molecule has 0 unspecified atom stereocenters. The summed E-state index contributed by atoms with van der Waals surface area (Å²) in [5, 5.41) is 0. The first-order chi connectivity index (χ1) is 15.3. The SMILES string of the molecule is c1cc(N2CCN(Cc3ccc4nccnc4c3)CC2)c2nc(-n3cccc3)[nH]c2c1. The molecule has 3 aromatic heterocycles. The van der Waals surface area contributed by atoms with Crippen molar-refractivity contribution in [2.45, 2.75) is 6.54 Å². The Morgan fingerprint density at radius 3 is 2.48 bits per heavy atom. The highest BCUT2D eigenvalue weighted by atomic mass is 15.3. The maximum atomic E-state index is 4.89. The average molecular weight is 409 g/mol. The molecule has 0 atom stereocenters. The second kappa shape index (κ2) is 7.52. The van der Waals surface area contributed by atoms with Gasteiger partial charge < -0.3 is 9.88 Å². The van der Waals surface area contributed by atoms with Crippen LogP contribution in [0.1, 0.15) is 5.56 Å². The van der Waals surface area contributed by atoms with Gasteiger partial charge in [0.25, 0.3) is 0 Å². The minimum atomic E-state index is 0.852. The first-order valence-corrected chi connectivity index (χ1v) is 10.6. The largest absolute Gasteiger partial charge is 0.367 e. The van der Waals surface area contributed by atoms with Crippen LogP contribution in [0.2, 0.25) is 0 Å². The van der Waals surface area contributed by atoms with E-state index < -0.39 is 0 Å². The topological polar surface area (TPSA) is 65.9 Å². The van der Waals surface area contributed by atoms with Gasteiger partial charge in [0, 0.05) is 57.5 Å². The molecule has 1 aliphatic heterocycles. The van der Waals surface area contributed by atoms with Gasteiger partial charge in [0.1, 0.15) is 5.52 Å². The highest BCUT2D eigenvalue weighted by Crippen LogP contribution is 2.27. The van der Waals surface area contributed by atoms with Gasteiger partial charge in [-0.05, 0) is 42.0 Å². The first kappa shape index (κ1) is 18.1. The third-order valence-electron chi connectivity index (χ3n) is 5.98. The second-order valence-electron chi connectivity index (χ2n) is 7.97. The lowest BCUT2D eigenvalue weighted by Gasteiger charge is -2.36. The molecule has 2 aromatic carbocycles. The Hall–Kier alpha value is -3.71. The summed E-state index contributed by atoms with van der Waals surface area (Å²) in [5.41, 5.74) is 6.50. The number of para-hydroxylation sites is 1. The van der Waals surface area contributed by atoms with E-state index in [0.29, 0.717) is 0 Å². The number of rotatable bonds is 4. The number of aromatic amines is 1. The standard InChI is InChI=1S/C24H23N7/c1-2-11-31(10-1)24-27-20-4-3-5-22(23(20)28-24)30-14-12-29(13-15-30)17-18-6-7-19-21(16-18)26-9-8-25-19/h1-11,16H,12-15,17H2,(H,27,28). The summed E-state index contributed by atoms with van der Waals surface area (Å²) in [4.78, 5) is 22.1. The maximum absolute atomic E-state index is 4.89. The predicted octanol–water partition coefficient (Wildman–Crippen LogP) is 3.62. The molecule has 0 radical (unpaired) electrons. The molecule has 0 spiro atoms. The molecular weight excluding hydrogens is 386 g/mol. The number of nitrogens with zero attached hydrogens (tertiary/aromatic N) is 6. The highest BCUT2D eigenvalue weighted by Gasteiger charge is 2.20. The van der Waals surface area contributed by atoms with Crippen molar-refractivity contribution in [3.8, 4) is 5.95 Å². The summed E-state index contributed by atoms with van der Waals surface area (Å²) in [5.74, 6) is 0.852. The number of H-pyrrole nitrogens is 1. The summed E-state index contributed by atoms with van der Waals surface area (Å²) < 4.78 is 2.01. The van der Waals surface area contributed by atoms with Crippen molar-refractivity contribution in [1.29, 1.82) is 0 Å². The van der Waals surface area contributed by atoms with Crippen LogP contribution in [-0.2, 0) is 6.54 Å². The van der Waals surface area contributed by atoms with E-state index in [4.69, 9.17) is 4.98 Å². The lowest BCUT2D eigenvalue weighted by atomic mass is 10.1. The fourth-order valence-electron chi connectivity index (χ4n) is 4.37. The van der Waals surface area contributed by atoms with Crippen molar-refractivity contribution in [3.05, 3.63) is 78.9 Å². The normalized spacial score (nSPS) is 15.2. The number of hydrogen-bond acceptors (Lipinski definition) is 5. The zero-order valence-electron chi connectivity index (χ0n) is 17.1.